The maximum Gasteiger partial charge on any atom is 0.159 e. The fraction of sp³-hybridized carbons (Fsp3) is 0.300. The normalized spacial score (nSPS) is 10.6. The van der Waals surface area contributed by atoms with E-state index in [1.807, 2.05) is 0 Å². The number of nitrogen functional groups attached to an aromatic ring is 1. The van der Waals surface area contributed by atoms with Gasteiger partial charge in [0.25, 0.3) is 0 Å². The third-order valence-corrected chi connectivity index (χ3v) is 2.23. The second-order valence-electron chi connectivity index (χ2n) is 3.42. The summed E-state index contributed by atoms with van der Waals surface area (Å²) in [4.78, 5) is 8.51. The van der Waals surface area contributed by atoms with Gasteiger partial charge in [-0.15, -0.1) is 0 Å². The summed E-state index contributed by atoms with van der Waals surface area (Å²) >= 11 is 5.79. The molecule has 16 heavy (non-hydrogen) atoms. The highest BCUT2D eigenvalue weighted by atomic mass is 35.5. The van der Waals surface area contributed by atoms with Crippen LogP contribution in [0.2, 0.25) is 5.02 Å². The summed E-state index contributed by atoms with van der Waals surface area (Å²) in [7, 11) is 0. The van der Waals surface area contributed by atoms with Crippen LogP contribution in [0.3, 0.4) is 0 Å². The summed E-state index contributed by atoms with van der Waals surface area (Å²) in [5.74, 6) is 1.81. The first-order valence-corrected chi connectivity index (χ1v) is 5.41. The van der Waals surface area contributed by atoms with Crippen LogP contribution in [0.25, 0.3) is 5.82 Å². The molecule has 0 aliphatic heterocycles. The van der Waals surface area contributed by atoms with E-state index in [0.717, 1.165) is 18.7 Å². The van der Waals surface area contributed by atoms with Crippen molar-refractivity contribution < 1.29 is 0 Å². The SMILES string of the molecule is CCCc1nc(N)cc(-n2cc(Cl)cn2)n1. The molecule has 2 heterocycles. The Kier molecular flexibility index (Phi) is 3.05. The zero-order chi connectivity index (χ0) is 11.5. The first kappa shape index (κ1) is 10.9. The number of aromatic nitrogens is 4. The van der Waals surface area contributed by atoms with Crippen LogP contribution in [-0.2, 0) is 6.42 Å². The summed E-state index contributed by atoms with van der Waals surface area (Å²) in [6, 6.07) is 1.67. The monoisotopic (exact) mass is 237 g/mol. The van der Waals surface area contributed by atoms with Crippen LogP contribution in [0.5, 0.6) is 0 Å². The van der Waals surface area contributed by atoms with Crippen molar-refractivity contribution >= 4 is 17.4 Å². The zero-order valence-electron chi connectivity index (χ0n) is 8.89. The molecule has 2 aromatic heterocycles. The summed E-state index contributed by atoms with van der Waals surface area (Å²) in [6.07, 6.45) is 5.01. The highest BCUT2D eigenvalue weighted by molar-refractivity contribution is 6.30. The molecule has 2 N–H and O–H groups in total. The van der Waals surface area contributed by atoms with Crippen LogP contribution in [-0.4, -0.2) is 19.7 Å². The Morgan fingerprint density at radius 2 is 2.25 bits per heavy atom. The molecule has 0 amide bonds. The van der Waals surface area contributed by atoms with Crippen LogP contribution < -0.4 is 5.73 Å². The van der Waals surface area contributed by atoms with Crippen LogP contribution >= 0.6 is 11.6 Å². The average Bonchev–Trinajstić information content (AvgIpc) is 2.64. The highest BCUT2D eigenvalue weighted by Gasteiger charge is 2.05. The quantitative estimate of drug-likeness (QED) is 0.885. The Bertz CT molecular complexity index is 494. The smallest absolute Gasteiger partial charge is 0.159 e. The van der Waals surface area contributed by atoms with Gasteiger partial charge in [-0.1, -0.05) is 18.5 Å². The fourth-order valence-corrected chi connectivity index (χ4v) is 1.52. The highest BCUT2D eigenvalue weighted by Crippen LogP contribution is 2.12. The van der Waals surface area contributed by atoms with Gasteiger partial charge in [0, 0.05) is 12.5 Å². The zero-order valence-corrected chi connectivity index (χ0v) is 9.65. The van der Waals surface area contributed by atoms with Crippen LogP contribution in [0.1, 0.15) is 19.2 Å². The van der Waals surface area contributed by atoms with E-state index >= 15 is 0 Å². The molecule has 2 aromatic rings. The standard InChI is InChI=1S/C10H12ClN5/c1-2-3-9-14-8(12)4-10(15-9)16-6-7(11)5-13-16/h4-6H,2-3H2,1H3,(H2,12,14,15). The van der Waals surface area contributed by atoms with E-state index in [-0.39, 0.29) is 0 Å². The maximum absolute atomic E-state index is 5.79. The van der Waals surface area contributed by atoms with Gasteiger partial charge in [0.2, 0.25) is 0 Å². The van der Waals surface area contributed by atoms with E-state index in [1.54, 1.807) is 23.1 Å². The minimum absolute atomic E-state index is 0.445. The lowest BCUT2D eigenvalue weighted by Gasteiger charge is -2.04. The van der Waals surface area contributed by atoms with Gasteiger partial charge in [0.05, 0.1) is 17.4 Å². The molecule has 84 valence electrons. The van der Waals surface area contributed by atoms with Gasteiger partial charge in [0.1, 0.15) is 11.6 Å². The third kappa shape index (κ3) is 2.30. The number of anilines is 1. The predicted octanol–water partition coefficient (Wildman–Crippen LogP) is 1.85. The summed E-state index contributed by atoms with van der Waals surface area (Å²) in [5.41, 5.74) is 5.71. The lowest BCUT2D eigenvalue weighted by atomic mass is 10.3. The minimum Gasteiger partial charge on any atom is -0.384 e. The van der Waals surface area contributed by atoms with Gasteiger partial charge in [-0.25, -0.2) is 14.6 Å². The molecule has 2 rings (SSSR count). The maximum atomic E-state index is 5.79. The number of nitrogens with two attached hydrogens (primary N) is 1. The van der Waals surface area contributed by atoms with E-state index in [9.17, 15) is 0 Å². The molecule has 0 saturated carbocycles. The first-order chi connectivity index (χ1) is 7.69. The number of hydrogen-bond donors (Lipinski definition) is 1. The molecule has 0 radical (unpaired) electrons. The topological polar surface area (TPSA) is 69.6 Å². The Hall–Kier alpha value is -1.62. The number of aryl methyl sites for hydroxylation is 1. The Balaban J connectivity index is 2.40. The first-order valence-electron chi connectivity index (χ1n) is 5.03. The van der Waals surface area contributed by atoms with Gasteiger partial charge >= 0.3 is 0 Å². The molecule has 0 aliphatic rings. The number of rotatable bonds is 3. The second-order valence-corrected chi connectivity index (χ2v) is 3.86. The second kappa shape index (κ2) is 4.49. The lowest BCUT2D eigenvalue weighted by molar-refractivity contribution is 0.787. The fourth-order valence-electron chi connectivity index (χ4n) is 1.38. The molecule has 0 unspecified atom stereocenters. The van der Waals surface area contributed by atoms with Crippen molar-refractivity contribution in [2.24, 2.45) is 0 Å². The van der Waals surface area contributed by atoms with Crippen molar-refractivity contribution in [2.45, 2.75) is 19.8 Å². The minimum atomic E-state index is 0.445. The molecular weight excluding hydrogens is 226 g/mol. The molecule has 0 fully saturated rings. The van der Waals surface area contributed by atoms with Gasteiger partial charge in [-0.3, -0.25) is 0 Å². The molecule has 0 aliphatic carbocycles. The molecular formula is C10H12ClN5. The summed E-state index contributed by atoms with van der Waals surface area (Å²) in [6.45, 7) is 2.07. The molecule has 0 bridgehead atoms. The average molecular weight is 238 g/mol. The Morgan fingerprint density at radius 1 is 1.44 bits per heavy atom. The van der Waals surface area contributed by atoms with Crippen molar-refractivity contribution in [3.8, 4) is 5.82 Å². The van der Waals surface area contributed by atoms with Gasteiger partial charge < -0.3 is 5.73 Å². The van der Waals surface area contributed by atoms with Crippen molar-refractivity contribution in [1.29, 1.82) is 0 Å². The van der Waals surface area contributed by atoms with Crippen molar-refractivity contribution in [3.05, 3.63) is 29.3 Å². The van der Waals surface area contributed by atoms with Crippen LogP contribution in [0.4, 0.5) is 5.82 Å². The number of nitrogens with zero attached hydrogens (tertiary/aromatic N) is 4. The lowest BCUT2D eigenvalue weighted by Crippen LogP contribution is -2.06. The number of halogens is 1. The van der Waals surface area contributed by atoms with Gasteiger partial charge in [-0.2, -0.15) is 5.10 Å². The molecule has 0 atom stereocenters. The van der Waals surface area contributed by atoms with Crippen LogP contribution in [0, 0.1) is 0 Å². The van der Waals surface area contributed by atoms with Crippen molar-refractivity contribution in [2.75, 3.05) is 5.73 Å². The van der Waals surface area contributed by atoms with E-state index in [0.29, 0.717) is 16.7 Å². The van der Waals surface area contributed by atoms with Gasteiger partial charge in [0.15, 0.2) is 5.82 Å². The van der Waals surface area contributed by atoms with Gasteiger partial charge in [-0.05, 0) is 6.42 Å². The summed E-state index contributed by atoms with van der Waals surface area (Å²) in [5, 5.41) is 4.63. The molecule has 6 heteroatoms. The third-order valence-electron chi connectivity index (χ3n) is 2.04. The predicted molar refractivity (Wildman–Crippen MR) is 62.6 cm³/mol. The van der Waals surface area contributed by atoms with Crippen molar-refractivity contribution in [3.63, 3.8) is 0 Å². The van der Waals surface area contributed by atoms with Crippen molar-refractivity contribution in [1.82, 2.24) is 19.7 Å². The number of hydrogen-bond acceptors (Lipinski definition) is 4. The van der Waals surface area contributed by atoms with E-state index in [4.69, 9.17) is 17.3 Å². The Morgan fingerprint density at radius 3 is 2.88 bits per heavy atom. The van der Waals surface area contributed by atoms with E-state index < -0.39 is 0 Å². The largest absolute Gasteiger partial charge is 0.384 e. The van der Waals surface area contributed by atoms with E-state index in [2.05, 4.69) is 22.0 Å². The molecule has 0 aromatic carbocycles. The summed E-state index contributed by atoms with van der Waals surface area (Å²) < 4.78 is 1.58. The molecule has 0 saturated heterocycles. The van der Waals surface area contributed by atoms with Crippen LogP contribution in [0.15, 0.2) is 18.5 Å². The molecule has 0 spiro atoms. The van der Waals surface area contributed by atoms with E-state index in [1.165, 1.54) is 0 Å². The molecule has 5 nitrogen and oxygen atoms in total. The Labute approximate surface area is 98.3 Å².